The molecule has 8 heteroatoms. The normalized spacial score (nSPS) is 17.2. The maximum Gasteiger partial charge on any atom is 0.310 e. The third-order valence-electron chi connectivity index (χ3n) is 5.91. The number of halogens is 1. The van der Waals surface area contributed by atoms with E-state index in [0.29, 0.717) is 29.7 Å². The average molecular weight is 498 g/mol. The molecule has 4 rings (SSSR count). The van der Waals surface area contributed by atoms with Gasteiger partial charge in [0.25, 0.3) is 0 Å². The SMILES string of the molecule is CCOC(=O)C1CCCN(C(C(=O)Nc2ncc(Cc3ccccc3Cl)s2)c2ccccc2)C1. The molecule has 1 fully saturated rings. The first-order valence-electron chi connectivity index (χ1n) is 11.5. The van der Waals surface area contributed by atoms with Crippen LogP contribution in [-0.2, 0) is 20.7 Å². The van der Waals surface area contributed by atoms with Gasteiger partial charge in [-0.15, -0.1) is 11.3 Å². The zero-order chi connectivity index (χ0) is 23.9. The van der Waals surface area contributed by atoms with Crippen LogP contribution in [0, 0.1) is 5.92 Å². The lowest BCUT2D eigenvalue weighted by Gasteiger charge is -2.36. The van der Waals surface area contributed by atoms with Crippen molar-refractivity contribution in [2.24, 2.45) is 5.92 Å². The Bertz CT molecular complexity index is 1120. The van der Waals surface area contributed by atoms with Crippen molar-refractivity contribution < 1.29 is 14.3 Å². The van der Waals surface area contributed by atoms with Crippen LogP contribution in [0.3, 0.4) is 0 Å². The fourth-order valence-corrected chi connectivity index (χ4v) is 5.35. The highest BCUT2D eigenvalue weighted by Gasteiger charge is 2.35. The van der Waals surface area contributed by atoms with Crippen LogP contribution >= 0.6 is 22.9 Å². The van der Waals surface area contributed by atoms with Gasteiger partial charge in [0.1, 0.15) is 6.04 Å². The van der Waals surface area contributed by atoms with Crippen molar-refractivity contribution in [3.05, 3.63) is 81.8 Å². The summed E-state index contributed by atoms with van der Waals surface area (Å²) in [4.78, 5) is 33.4. The van der Waals surface area contributed by atoms with Gasteiger partial charge >= 0.3 is 5.97 Å². The number of nitrogens with zero attached hydrogens (tertiary/aromatic N) is 2. The number of thiazole rings is 1. The maximum absolute atomic E-state index is 13.5. The predicted octanol–water partition coefficient (Wildman–Crippen LogP) is 5.34. The Morgan fingerprint density at radius 3 is 2.74 bits per heavy atom. The first kappa shape index (κ1) is 24.4. The van der Waals surface area contributed by atoms with E-state index in [1.165, 1.54) is 11.3 Å². The van der Waals surface area contributed by atoms with Crippen LogP contribution in [0.1, 0.15) is 41.8 Å². The van der Waals surface area contributed by atoms with Crippen molar-refractivity contribution >= 4 is 39.9 Å². The predicted molar refractivity (Wildman–Crippen MR) is 135 cm³/mol. The monoisotopic (exact) mass is 497 g/mol. The summed E-state index contributed by atoms with van der Waals surface area (Å²) in [6.45, 7) is 3.39. The number of ether oxygens (including phenoxy) is 1. The van der Waals surface area contributed by atoms with E-state index in [9.17, 15) is 9.59 Å². The van der Waals surface area contributed by atoms with Gasteiger partial charge < -0.3 is 10.1 Å². The van der Waals surface area contributed by atoms with Crippen molar-refractivity contribution in [3.8, 4) is 0 Å². The second kappa shape index (κ2) is 11.6. The van der Waals surface area contributed by atoms with Crippen LogP contribution < -0.4 is 5.32 Å². The van der Waals surface area contributed by atoms with Crippen LogP contribution in [-0.4, -0.2) is 41.5 Å². The standard InChI is InChI=1S/C26H28ClN3O3S/c1-2-33-25(32)20-12-8-14-30(17-20)23(18-9-4-3-5-10-18)24(31)29-26-28-16-21(34-26)15-19-11-6-7-13-22(19)27/h3-7,9-11,13,16,20,23H,2,8,12,14-15,17H2,1H3,(H,28,29,31). The van der Waals surface area contributed by atoms with Gasteiger partial charge in [0.15, 0.2) is 5.13 Å². The summed E-state index contributed by atoms with van der Waals surface area (Å²) in [6, 6.07) is 16.9. The number of esters is 1. The minimum atomic E-state index is -0.519. The molecule has 1 saturated heterocycles. The molecule has 0 aliphatic carbocycles. The zero-order valence-corrected chi connectivity index (χ0v) is 20.6. The summed E-state index contributed by atoms with van der Waals surface area (Å²) in [7, 11) is 0. The lowest BCUT2D eigenvalue weighted by Crippen LogP contribution is -2.45. The number of anilines is 1. The van der Waals surface area contributed by atoms with Gasteiger partial charge in [0.05, 0.1) is 12.5 Å². The molecule has 6 nitrogen and oxygen atoms in total. The summed E-state index contributed by atoms with van der Waals surface area (Å²) in [6.07, 6.45) is 4.04. The van der Waals surface area contributed by atoms with E-state index in [1.54, 1.807) is 6.20 Å². The highest BCUT2D eigenvalue weighted by molar-refractivity contribution is 7.15. The summed E-state index contributed by atoms with van der Waals surface area (Å²) in [5, 5.41) is 4.27. The van der Waals surface area contributed by atoms with Crippen LogP contribution in [0.2, 0.25) is 5.02 Å². The second-order valence-corrected chi connectivity index (χ2v) is 9.81. The molecule has 1 aliphatic heterocycles. The highest BCUT2D eigenvalue weighted by Crippen LogP contribution is 2.30. The zero-order valence-electron chi connectivity index (χ0n) is 19.1. The van der Waals surface area contributed by atoms with Gasteiger partial charge in [-0.3, -0.25) is 14.5 Å². The smallest absolute Gasteiger partial charge is 0.310 e. The number of benzene rings is 2. The second-order valence-electron chi connectivity index (χ2n) is 8.29. The Balaban J connectivity index is 1.50. The average Bonchev–Trinajstić information content (AvgIpc) is 3.28. The van der Waals surface area contributed by atoms with Crippen LogP contribution in [0.15, 0.2) is 60.8 Å². The number of nitrogens with one attached hydrogen (secondary N) is 1. The number of aromatic nitrogens is 1. The number of likely N-dealkylation sites (tertiary alicyclic amines) is 1. The first-order valence-corrected chi connectivity index (χ1v) is 12.7. The molecule has 1 amide bonds. The molecular formula is C26H28ClN3O3S. The van der Waals surface area contributed by atoms with Crippen LogP contribution in [0.4, 0.5) is 5.13 Å². The lowest BCUT2D eigenvalue weighted by molar-refractivity contribution is -0.151. The molecular weight excluding hydrogens is 470 g/mol. The molecule has 1 N–H and O–H groups in total. The van der Waals surface area contributed by atoms with E-state index in [2.05, 4.69) is 15.2 Å². The van der Waals surface area contributed by atoms with Crippen molar-refractivity contribution in [1.29, 1.82) is 0 Å². The Morgan fingerprint density at radius 1 is 1.21 bits per heavy atom. The molecule has 0 saturated carbocycles. The Kier molecular flexibility index (Phi) is 8.32. The minimum absolute atomic E-state index is 0.158. The fraction of sp³-hybridized carbons (Fsp3) is 0.346. The molecule has 0 bridgehead atoms. The summed E-state index contributed by atoms with van der Waals surface area (Å²) >= 11 is 7.73. The quantitative estimate of drug-likeness (QED) is 0.425. The van der Waals surface area contributed by atoms with Crippen molar-refractivity contribution in [2.45, 2.75) is 32.2 Å². The Hall–Kier alpha value is -2.74. The molecule has 34 heavy (non-hydrogen) atoms. The van der Waals surface area contributed by atoms with Gasteiger partial charge in [-0.25, -0.2) is 4.98 Å². The van der Waals surface area contributed by atoms with Crippen molar-refractivity contribution in [3.63, 3.8) is 0 Å². The largest absolute Gasteiger partial charge is 0.466 e. The first-order chi connectivity index (χ1) is 16.5. The fourth-order valence-electron chi connectivity index (χ4n) is 4.31. The van der Waals surface area contributed by atoms with E-state index in [-0.39, 0.29) is 17.8 Å². The number of hydrogen-bond acceptors (Lipinski definition) is 6. The number of carbonyl (C=O) groups is 2. The topological polar surface area (TPSA) is 71.5 Å². The Labute approximate surface area is 208 Å². The number of piperidine rings is 1. The molecule has 178 valence electrons. The third-order valence-corrected chi connectivity index (χ3v) is 7.19. The number of amides is 1. The molecule has 2 unspecified atom stereocenters. The number of hydrogen-bond donors (Lipinski definition) is 1. The maximum atomic E-state index is 13.5. The molecule has 0 radical (unpaired) electrons. The van der Waals surface area contributed by atoms with Gasteiger partial charge in [-0.05, 0) is 43.5 Å². The van der Waals surface area contributed by atoms with Crippen LogP contribution in [0.25, 0.3) is 0 Å². The molecule has 1 aliphatic rings. The van der Waals surface area contributed by atoms with E-state index >= 15 is 0 Å². The lowest BCUT2D eigenvalue weighted by atomic mass is 9.94. The van der Waals surface area contributed by atoms with E-state index in [0.717, 1.165) is 35.4 Å². The van der Waals surface area contributed by atoms with Gasteiger partial charge in [0, 0.05) is 29.1 Å². The van der Waals surface area contributed by atoms with Crippen LogP contribution in [0.5, 0.6) is 0 Å². The molecule has 2 aromatic carbocycles. The molecule has 1 aromatic heterocycles. The van der Waals surface area contributed by atoms with Gasteiger partial charge in [0.2, 0.25) is 5.91 Å². The molecule has 2 atom stereocenters. The summed E-state index contributed by atoms with van der Waals surface area (Å²) in [5.74, 6) is -0.576. The van der Waals surface area contributed by atoms with Gasteiger partial charge in [-0.1, -0.05) is 60.1 Å². The number of carbonyl (C=O) groups excluding carboxylic acids is 2. The molecule has 2 heterocycles. The van der Waals surface area contributed by atoms with E-state index < -0.39 is 6.04 Å². The van der Waals surface area contributed by atoms with E-state index in [1.807, 2.05) is 61.5 Å². The highest BCUT2D eigenvalue weighted by atomic mass is 35.5. The van der Waals surface area contributed by atoms with Crippen molar-refractivity contribution in [2.75, 3.05) is 25.0 Å². The van der Waals surface area contributed by atoms with Gasteiger partial charge in [-0.2, -0.15) is 0 Å². The molecule has 0 spiro atoms. The Morgan fingerprint density at radius 2 is 1.97 bits per heavy atom. The number of rotatable bonds is 8. The third kappa shape index (κ3) is 6.03. The van der Waals surface area contributed by atoms with E-state index in [4.69, 9.17) is 16.3 Å². The summed E-state index contributed by atoms with van der Waals surface area (Å²) in [5.41, 5.74) is 1.91. The molecule has 3 aromatic rings. The minimum Gasteiger partial charge on any atom is -0.466 e. The summed E-state index contributed by atoms with van der Waals surface area (Å²) < 4.78 is 5.25. The van der Waals surface area contributed by atoms with Crippen molar-refractivity contribution in [1.82, 2.24) is 9.88 Å².